The fraction of sp³-hybridized carbons (Fsp3) is 0.308. The van der Waals surface area contributed by atoms with Crippen molar-refractivity contribution in [3.63, 3.8) is 0 Å². The molecule has 0 aliphatic carbocycles. The standard InChI is InChI=1S/C26H30N2O/c1-29-26-14-12-25(13-15-26)28(19-22-10-6-3-7-11-22)20-24-18-27-17-23(24)16-21-8-4-2-5-9-21/h2-15,23-24,27H,16-20H2,1H3. The van der Waals surface area contributed by atoms with Gasteiger partial charge in [-0.05, 0) is 66.7 Å². The third-order valence-corrected chi connectivity index (χ3v) is 5.93. The molecule has 150 valence electrons. The summed E-state index contributed by atoms with van der Waals surface area (Å²) < 4.78 is 5.36. The summed E-state index contributed by atoms with van der Waals surface area (Å²) in [6.45, 7) is 4.15. The van der Waals surface area contributed by atoms with E-state index in [0.29, 0.717) is 11.8 Å². The molecule has 2 atom stereocenters. The van der Waals surface area contributed by atoms with Gasteiger partial charge < -0.3 is 15.0 Å². The first kappa shape index (κ1) is 19.5. The molecule has 0 aromatic heterocycles. The molecule has 0 radical (unpaired) electrons. The lowest BCUT2D eigenvalue weighted by atomic mass is 9.89. The van der Waals surface area contributed by atoms with Crippen LogP contribution in [0.25, 0.3) is 0 Å². The number of nitrogens with one attached hydrogen (secondary N) is 1. The van der Waals surface area contributed by atoms with E-state index in [1.54, 1.807) is 7.11 Å². The highest BCUT2D eigenvalue weighted by atomic mass is 16.5. The number of methoxy groups -OCH3 is 1. The minimum absolute atomic E-state index is 0.626. The fourth-order valence-electron chi connectivity index (χ4n) is 4.30. The molecule has 1 saturated heterocycles. The molecule has 1 aliphatic rings. The van der Waals surface area contributed by atoms with Crippen molar-refractivity contribution < 1.29 is 4.74 Å². The van der Waals surface area contributed by atoms with Crippen LogP contribution in [-0.4, -0.2) is 26.7 Å². The molecule has 0 bridgehead atoms. The Kier molecular flexibility index (Phi) is 6.48. The average molecular weight is 387 g/mol. The summed E-state index contributed by atoms with van der Waals surface area (Å²) >= 11 is 0. The van der Waals surface area contributed by atoms with Gasteiger partial charge in [-0.15, -0.1) is 0 Å². The van der Waals surface area contributed by atoms with Gasteiger partial charge in [0.15, 0.2) is 0 Å². The molecule has 1 fully saturated rings. The van der Waals surface area contributed by atoms with Crippen molar-refractivity contribution in [3.8, 4) is 5.75 Å². The molecule has 3 aromatic rings. The molecule has 0 saturated carbocycles. The second kappa shape index (κ2) is 9.62. The molecule has 1 N–H and O–H groups in total. The highest BCUT2D eigenvalue weighted by Gasteiger charge is 2.29. The summed E-state index contributed by atoms with van der Waals surface area (Å²) in [5.74, 6) is 2.19. The maximum absolute atomic E-state index is 5.36. The fourth-order valence-corrected chi connectivity index (χ4v) is 4.30. The zero-order chi connectivity index (χ0) is 19.9. The van der Waals surface area contributed by atoms with Gasteiger partial charge in [-0.3, -0.25) is 0 Å². The molecule has 0 amide bonds. The first-order chi connectivity index (χ1) is 14.3. The van der Waals surface area contributed by atoms with Gasteiger partial charge in [0.05, 0.1) is 7.11 Å². The lowest BCUT2D eigenvalue weighted by molar-refractivity contribution is 0.411. The van der Waals surface area contributed by atoms with E-state index in [9.17, 15) is 0 Å². The van der Waals surface area contributed by atoms with Gasteiger partial charge in [-0.1, -0.05) is 60.7 Å². The van der Waals surface area contributed by atoms with Gasteiger partial charge in [0.1, 0.15) is 5.75 Å². The van der Waals surface area contributed by atoms with Gasteiger partial charge in [-0.2, -0.15) is 0 Å². The minimum Gasteiger partial charge on any atom is -0.497 e. The van der Waals surface area contributed by atoms with E-state index >= 15 is 0 Å². The highest BCUT2D eigenvalue weighted by molar-refractivity contribution is 5.49. The number of hydrogen-bond donors (Lipinski definition) is 1. The lowest BCUT2D eigenvalue weighted by Gasteiger charge is -2.30. The SMILES string of the molecule is COc1ccc(N(Cc2ccccc2)CC2CNCC2Cc2ccccc2)cc1. The Morgan fingerprint density at radius 1 is 0.793 bits per heavy atom. The van der Waals surface area contributed by atoms with Crippen molar-refractivity contribution >= 4 is 5.69 Å². The zero-order valence-electron chi connectivity index (χ0n) is 17.1. The van der Waals surface area contributed by atoms with Gasteiger partial charge in [0, 0.05) is 18.8 Å². The van der Waals surface area contributed by atoms with Crippen LogP contribution in [0.1, 0.15) is 11.1 Å². The van der Waals surface area contributed by atoms with E-state index in [0.717, 1.165) is 38.3 Å². The van der Waals surface area contributed by atoms with Crippen LogP contribution in [0.3, 0.4) is 0 Å². The van der Waals surface area contributed by atoms with E-state index in [1.807, 2.05) is 0 Å². The maximum atomic E-state index is 5.36. The Hall–Kier alpha value is -2.78. The van der Waals surface area contributed by atoms with Crippen molar-refractivity contribution in [2.45, 2.75) is 13.0 Å². The number of nitrogens with zero attached hydrogens (tertiary/aromatic N) is 1. The van der Waals surface area contributed by atoms with Crippen LogP contribution < -0.4 is 15.0 Å². The Morgan fingerprint density at radius 3 is 2.07 bits per heavy atom. The molecule has 1 heterocycles. The Labute approximate surface area is 174 Å². The van der Waals surface area contributed by atoms with Crippen LogP contribution in [0.5, 0.6) is 5.75 Å². The quantitative estimate of drug-likeness (QED) is 0.603. The zero-order valence-corrected chi connectivity index (χ0v) is 17.1. The summed E-state index contributed by atoms with van der Waals surface area (Å²) in [5.41, 5.74) is 4.03. The van der Waals surface area contributed by atoms with Crippen LogP contribution in [0.15, 0.2) is 84.9 Å². The van der Waals surface area contributed by atoms with Crippen LogP contribution in [0, 0.1) is 11.8 Å². The second-order valence-electron chi connectivity index (χ2n) is 7.93. The lowest BCUT2D eigenvalue weighted by Crippen LogP contribution is -2.33. The third kappa shape index (κ3) is 5.18. The number of ether oxygens (including phenoxy) is 1. The minimum atomic E-state index is 0.626. The summed E-state index contributed by atoms with van der Waals surface area (Å²) in [6.07, 6.45) is 1.14. The van der Waals surface area contributed by atoms with Crippen molar-refractivity contribution in [1.82, 2.24) is 5.32 Å². The smallest absolute Gasteiger partial charge is 0.119 e. The van der Waals surface area contributed by atoms with Gasteiger partial charge in [0.2, 0.25) is 0 Å². The van der Waals surface area contributed by atoms with E-state index in [2.05, 4.69) is 95.1 Å². The average Bonchev–Trinajstić information content (AvgIpc) is 3.21. The Morgan fingerprint density at radius 2 is 1.41 bits per heavy atom. The monoisotopic (exact) mass is 386 g/mol. The van der Waals surface area contributed by atoms with Crippen LogP contribution in [0.4, 0.5) is 5.69 Å². The maximum Gasteiger partial charge on any atom is 0.119 e. The van der Waals surface area contributed by atoms with E-state index in [1.165, 1.54) is 16.8 Å². The topological polar surface area (TPSA) is 24.5 Å². The predicted molar refractivity (Wildman–Crippen MR) is 120 cm³/mol. The van der Waals surface area contributed by atoms with Gasteiger partial charge in [0.25, 0.3) is 0 Å². The summed E-state index contributed by atoms with van der Waals surface area (Å²) in [5, 5.41) is 3.63. The molecule has 29 heavy (non-hydrogen) atoms. The molecular formula is C26H30N2O. The van der Waals surface area contributed by atoms with Gasteiger partial charge >= 0.3 is 0 Å². The van der Waals surface area contributed by atoms with Crippen molar-refractivity contribution in [3.05, 3.63) is 96.1 Å². The Bertz CT molecular complexity index is 864. The highest BCUT2D eigenvalue weighted by Crippen LogP contribution is 2.27. The summed E-state index contributed by atoms with van der Waals surface area (Å²) in [4.78, 5) is 2.52. The molecule has 2 unspecified atom stereocenters. The number of anilines is 1. The van der Waals surface area contributed by atoms with Crippen molar-refractivity contribution in [1.29, 1.82) is 0 Å². The molecule has 3 aromatic carbocycles. The van der Waals surface area contributed by atoms with Crippen LogP contribution in [-0.2, 0) is 13.0 Å². The van der Waals surface area contributed by atoms with Crippen molar-refractivity contribution in [2.75, 3.05) is 31.6 Å². The van der Waals surface area contributed by atoms with E-state index in [-0.39, 0.29) is 0 Å². The number of benzene rings is 3. The van der Waals surface area contributed by atoms with Gasteiger partial charge in [-0.25, -0.2) is 0 Å². The molecule has 0 spiro atoms. The third-order valence-electron chi connectivity index (χ3n) is 5.93. The van der Waals surface area contributed by atoms with Crippen molar-refractivity contribution in [2.24, 2.45) is 11.8 Å². The molecule has 1 aliphatic heterocycles. The molecular weight excluding hydrogens is 356 g/mol. The summed E-state index contributed by atoms with van der Waals surface area (Å²) in [6, 6.07) is 30.1. The van der Waals surface area contributed by atoms with Crippen LogP contribution in [0.2, 0.25) is 0 Å². The first-order valence-corrected chi connectivity index (χ1v) is 10.5. The molecule has 4 rings (SSSR count). The van der Waals surface area contributed by atoms with Crippen LogP contribution >= 0.6 is 0 Å². The second-order valence-corrected chi connectivity index (χ2v) is 7.93. The normalized spacial score (nSPS) is 18.5. The van der Waals surface area contributed by atoms with E-state index < -0.39 is 0 Å². The predicted octanol–water partition coefficient (Wildman–Crippen LogP) is 4.78. The van der Waals surface area contributed by atoms with E-state index in [4.69, 9.17) is 4.74 Å². The molecule has 3 nitrogen and oxygen atoms in total. The molecule has 3 heteroatoms. The first-order valence-electron chi connectivity index (χ1n) is 10.5. The number of hydrogen-bond acceptors (Lipinski definition) is 3. The summed E-state index contributed by atoms with van der Waals surface area (Å²) in [7, 11) is 1.72. The largest absolute Gasteiger partial charge is 0.497 e. The number of rotatable bonds is 8. The Balaban J connectivity index is 1.51.